The normalized spacial score (nSPS) is 13.8. The third kappa shape index (κ3) is 5.94. The van der Waals surface area contributed by atoms with E-state index in [4.69, 9.17) is 23.2 Å². The highest BCUT2D eigenvalue weighted by Crippen LogP contribution is 2.30. The number of rotatable bonds is 4. The molecule has 0 radical (unpaired) electrons. The number of aromatic nitrogens is 1. The summed E-state index contributed by atoms with van der Waals surface area (Å²) in [6.07, 6.45) is 1.59. The summed E-state index contributed by atoms with van der Waals surface area (Å²) in [5, 5.41) is 6.43. The molecule has 1 saturated heterocycles. The lowest BCUT2D eigenvalue weighted by atomic mass is 9.97. The number of likely N-dealkylation sites (tertiary alicyclic amines) is 1. The van der Waals surface area contributed by atoms with Gasteiger partial charge in [-0.2, -0.15) is 0 Å². The second kappa shape index (κ2) is 10.8. The van der Waals surface area contributed by atoms with Crippen LogP contribution in [0.5, 0.6) is 0 Å². The van der Waals surface area contributed by atoms with E-state index in [9.17, 15) is 9.59 Å². The Hall–Kier alpha value is -2.85. The first kappa shape index (κ1) is 23.3. The van der Waals surface area contributed by atoms with Crippen molar-refractivity contribution in [3.8, 4) is 11.8 Å². The molecular weight excluding hydrogens is 477 g/mol. The molecule has 1 aromatic heterocycles. The molecular formula is C25H21Cl2N3O2S. The Morgan fingerprint density at radius 2 is 1.85 bits per heavy atom. The van der Waals surface area contributed by atoms with Gasteiger partial charge in [-0.05, 0) is 36.6 Å². The zero-order chi connectivity index (χ0) is 23.2. The van der Waals surface area contributed by atoms with Crippen LogP contribution in [0.3, 0.4) is 0 Å². The number of carbonyl (C=O) groups excluding carboxylic acids is 2. The summed E-state index contributed by atoms with van der Waals surface area (Å²) in [5.74, 6) is 5.47. The Morgan fingerprint density at radius 3 is 2.61 bits per heavy atom. The van der Waals surface area contributed by atoms with Crippen molar-refractivity contribution in [2.45, 2.75) is 25.3 Å². The van der Waals surface area contributed by atoms with Crippen molar-refractivity contribution in [1.82, 2.24) is 15.2 Å². The first-order chi connectivity index (χ1) is 16.0. The van der Waals surface area contributed by atoms with Crippen LogP contribution >= 0.6 is 34.5 Å². The predicted molar refractivity (Wildman–Crippen MR) is 132 cm³/mol. The Morgan fingerprint density at radius 1 is 1.09 bits per heavy atom. The highest BCUT2D eigenvalue weighted by molar-refractivity contribution is 7.09. The van der Waals surface area contributed by atoms with E-state index < -0.39 is 0 Å². The zero-order valence-corrected chi connectivity index (χ0v) is 20.0. The maximum absolute atomic E-state index is 12.5. The van der Waals surface area contributed by atoms with E-state index in [1.54, 1.807) is 22.4 Å². The monoisotopic (exact) mass is 497 g/mol. The predicted octanol–water partition coefficient (Wildman–Crippen LogP) is 5.14. The molecule has 0 spiro atoms. The lowest BCUT2D eigenvalue weighted by Gasteiger charge is -2.29. The van der Waals surface area contributed by atoms with Gasteiger partial charge in [-0.1, -0.05) is 59.5 Å². The van der Waals surface area contributed by atoms with Crippen molar-refractivity contribution in [2.24, 2.45) is 0 Å². The number of halogens is 2. The Labute approximate surface area is 206 Å². The van der Waals surface area contributed by atoms with Gasteiger partial charge >= 0.3 is 0 Å². The van der Waals surface area contributed by atoms with Crippen LogP contribution in [0.15, 0.2) is 53.9 Å². The Bertz CT molecular complexity index is 1210. The van der Waals surface area contributed by atoms with Crippen molar-refractivity contribution in [3.05, 3.63) is 85.8 Å². The fraction of sp³-hybridized carbons (Fsp3) is 0.240. The number of nitrogens with one attached hydrogen (secondary N) is 1. The van der Waals surface area contributed by atoms with Gasteiger partial charge in [-0.25, -0.2) is 4.98 Å². The van der Waals surface area contributed by atoms with Crippen LogP contribution in [0.4, 0.5) is 0 Å². The molecule has 2 heterocycles. The molecule has 1 fully saturated rings. The minimum Gasteiger partial charge on any atom is -0.347 e. The molecule has 4 rings (SSSR count). The Balaban J connectivity index is 1.29. The largest absolute Gasteiger partial charge is 0.347 e. The van der Waals surface area contributed by atoms with Crippen molar-refractivity contribution in [1.29, 1.82) is 0 Å². The highest BCUT2D eigenvalue weighted by atomic mass is 35.5. The first-order valence-electron chi connectivity index (χ1n) is 10.5. The van der Waals surface area contributed by atoms with Crippen LogP contribution < -0.4 is 5.32 Å². The van der Waals surface area contributed by atoms with Gasteiger partial charge in [0.2, 0.25) is 0 Å². The molecule has 0 aliphatic carbocycles. The van der Waals surface area contributed by atoms with Crippen molar-refractivity contribution >= 4 is 46.4 Å². The smallest absolute Gasteiger partial charge is 0.298 e. The summed E-state index contributed by atoms with van der Waals surface area (Å²) in [6.45, 7) is 1.53. The fourth-order valence-corrected chi connectivity index (χ4v) is 4.94. The molecule has 33 heavy (non-hydrogen) atoms. The molecule has 8 heteroatoms. The molecule has 1 aliphatic heterocycles. The third-order valence-electron chi connectivity index (χ3n) is 5.44. The van der Waals surface area contributed by atoms with Gasteiger partial charge in [0.1, 0.15) is 5.69 Å². The number of benzene rings is 2. The van der Waals surface area contributed by atoms with Crippen LogP contribution in [0.1, 0.15) is 45.4 Å². The van der Waals surface area contributed by atoms with Gasteiger partial charge in [0.15, 0.2) is 0 Å². The van der Waals surface area contributed by atoms with Crippen molar-refractivity contribution < 1.29 is 9.59 Å². The van der Waals surface area contributed by atoms with Crippen LogP contribution in [-0.2, 0) is 11.3 Å². The minimum atomic E-state index is -0.252. The number of hydrogen-bond donors (Lipinski definition) is 1. The molecule has 1 N–H and O–H groups in total. The van der Waals surface area contributed by atoms with Crippen LogP contribution in [0.25, 0.3) is 0 Å². The second-order valence-corrected chi connectivity index (χ2v) is 9.32. The molecule has 5 nitrogen and oxygen atoms in total. The van der Waals surface area contributed by atoms with Crippen LogP contribution in [0.2, 0.25) is 10.0 Å². The number of hydrogen-bond acceptors (Lipinski definition) is 4. The molecule has 168 valence electrons. The average molecular weight is 498 g/mol. The highest BCUT2D eigenvalue weighted by Gasteiger charge is 2.25. The topological polar surface area (TPSA) is 62.3 Å². The molecule has 0 unspecified atom stereocenters. The standard InChI is InChI=1S/C25H21Cl2N3O2S/c26-20-8-4-7-19(23(20)27)15-28-24(32)21-16-33-25(29-21)18-11-13-30(14-12-18)22(31)10-9-17-5-2-1-3-6-17/h1-8,16,18H,11-15H2,(H,28,32). The van der Waals surface area contributed by atoms with Gasteiger partial charge in [-0.15, -0.1) is 11.3 Å². The minimum absolute atomic E-state index is 0.156. The van der Waals surface area contributed by atoms with E-state index in [0.717, 1.165) is 29.0 Å². The summed E-state index contributed by atoms with van der Waals surface area (Å²) < 4.78 is 0. The quantitative estimate of drug-likeness (QED) is 0.507. The molecule has 1 aliphatic rings. The summed E-state index contributed by atoms with van der Waals surface area (Å²) in [4.78, 5) is 31.3. The maximum Gasteiger partial charge on any atom is 0.298 e. The maximum atomic E-state index is 12.5. The number of nitrogens with zero attached hydrogens (tertiary/aromatic N) is 2. The van der Waals surface area contributed by atoms with Crippen LogP contribution in [-0.4, -0.2) is 34.8 Å². The number of amides is 2. The van der Waals surface area contributed by atoms with E-state index in [1.165, 1.54) is 11.3 Å². The van der Waals surface area contributed by atoms with Gasteiger partial charge in [-0.3, -0.25) is 9.59 Å². The van der Waals surface area contributed by atoms with Gasteiger partial charge < -0.3 is 10.2 Å². The van der Waals surface area contributed by atoms with E-state index >= 15 is 0 Å². The van der Waals surface area contributed by atoms with E-state index in [1.807, 2.05) is 36.4 Å². The van der Waals surface area contributed by atoms with Gasteiger partial charge in [0, 0.05) is 42.4 Å². The van der Waals surface area contributed by atoms with Crippen molar-refractivity contribution in [3.63, 3.8) is 0 Å². The number of piperidine rings is 1. The number of thiazole rings is 1. The summed E-state index contributed by atoms with van der Waals surface area (Å²) in [7, 11) is 0. The lowest BCUT2D eigenvalue weighted by molar-refractivity contribution is -0.126. The summed E-state index contributed by atoms with van der Waals surface area (Å²) in [5.41, 5.74) is 1.97. The van der Waals surface area contributed by atoms with E-state index in [2.05, 4.69) is 22.1 Å². The third-order valence-corrected chi connectivity index (χ3v) is 7.31. The SMILES string of the molecule is O=C(NCc1cccc(Cl)c1Cl)c1csc(C2CCN(C(=O)C#Cc3ccccc3)CC2)n1. The molecule has 2 amide bonds. The van der Waals surface area contributed by atoms with E-state index in [0.29, 0.717) is 28.8 Å². The first-order valence-corrected chi connectivity index (χ1v) is 12.2. The Kier molecular flexibility index (Phi) is 7.66. The zero-order valence-electron chi connectivity index (χ0n) is 17.7. The summed E-state index contributed by atoms with van der Waals surface area (Å²) >= 11 is 13.7. The molecule has 0 atom stereocenters. The second-order valence-electron chi connectivity index (χ2n) is 7.65. The molecule has 2 aromatic carbocycles. The van der Waals surface area contributed by atoms with Gasteiger partial charge in [0.05, 0.1) is 15.1 Å². The van der Waals surface area contributed by atoms with E-state index in [-0.39, 0.29) is 24.3 Å². The van der Waals surface area contributed by atoms with Gasteiger partial charge in [0.25, 0.3) is 11.8 Å². The number of carbonyl (C=O) groups is 2. The molecule has 0 bridgehead atoms. The molecule has 3 aromatic rings. The average Bonchev–Trinajstić information content (AvgIpc) is 3.34. The fourth-order valence-electron chi connectivity index (χ4n) is 3.59. The lowest BCUT2D eigenvalue weighted by Crippen LogP contribution is -2.37. The molecule has 0 saturated carbocycles. The summed E-state index contributed by atoms with van der Waals surface area (Å²) in [6, 6.07) is 14.8. The van der Waals surface area contributed by atoms with Crippen LogP contribution in [0, 0.1) is 11.8 Å². The van der Waals surface area contributed by atoms with Crippen molar-refractivity contribution in [2.75, 3.05) is 13.1 Å².